The van der Waals surface area contributed by atoms with E-state index in [4.69, 9.17) is 5.11 Å². The van der Waals surface area contributed by atoms with Crippen LogP contribution in [0, 0.1) is 19.3 Å². The number of carboxylic acids is 1. The van der Waals surface area contributed by atoms with Crippen molar-refractivity contribution in [3.8, 4) is 0 Å². The number of rotatable bonds is 4. The van der Waals surface area contributed by atoms with Gasteiger partial charge in [0.1, 0.15) is 12.6 Å². The average molecular weight is 267 g/mol. The Labute approximate surface area is 112 Å². The molecule has 2 N–H and O–H groups in total. The van der Waals surface area contributed by atoms with E-state index in [0.29, 0.717) is 0 Å². The van der Waals surface area contributed by atoms with Crippen molar-refractivity contribution in [1.29, 1.82) is 0 Å². The second-order valence-electron chi connectivity index (χ2n) is 5.79. The summed E-state index contributed by atoms with van der Waals surface area (Å²) >= 11 is 0. The molecule has 1 atom stereocenters. The molecule has 0 aliphatic heterocycles. The van der Waals surface area contributed by atoms with Gasteiger partial charge in [-0.2, -0.15) is 5.10 Å². The lowest BCUT2D eigenvalue weighted by atomic mass is 9.87. The summed E-state index contributed by atoms with van der Waals surface area (Å²) in [6, 6.07) is 0.947. The molecule has 0 saturated carbocycles. The minimum absolute atomic E-state index is 0.0273. The Bertz CT molecular complexity index is 486. The molecular weight excluding hydrogens is 246 g/mol. The van der Waals surface area contributed by atoms with Gasteiger partial charge in [-0.15, -0.1) is 0 Å². The third kappa shape index (κ3) is 4.08. The van der Waals surface area contributed by atoms with Crippen LogP contribution in [-0.2, 0) is 16.1 Å². The Balaban J connectivity index is 2.74. The summed E-state index contributed by atoms with van der Waals surface area (Å²) in [5.41, 5.74) is 1.16. The van der Waals surface area contributed by atoms with Crippen LogP contribution in [-0.4, -0.2) is 32.8 Å². The first-order valence-electron chi connectivity index (χ1n) is 6.14. The third-order valence-electron chi connectivity index (χ3n) is 2.82. The standard InChI is InChI=1S/C13H21N3O3/c1-8-6-9(2)16(15-8)7-10(17)14-11(12(18)19)13(3,4)5/h6,11H,7H2,1-5H3,(H,14,17)(H,18,19). The molecule has 1 heterocycles. The number of aliphatic carboxylic acids is 1. The number of carboxylic acid groups (broad SMARTS) is 1. The van der Waals surface area contributed by atoms with E-state index in [9.17, 15) is 9.59 Å². The van der Waals surface area contributed by atoms with Crippen LogP contribution in [0.15, 0.2) is 6.07 Å². The molecular formula is C13H21N3O3. The Morgan fingerprint density at radius 2 is 2.00 bits per heavy atom. The SMILES string of the molecule is Cc1cc(C)n(CC(=O)NC(C(=O)O)C(C)(C)C)n1. The second-order valence-corrected chi connectivity index (χ2v) is 5.79. The topological polar surface area (TPSA) is 84.2 Å². The van der Waals surface area contributed by atoms with Crippen LogP contribution >= 0.6 is 0 Å². The monoisotopic (exact) mass is 267 g/mol. The van der Waals surface area contributed by atoms with Crippen molar-refractivity contribution in [2.75, 3.05) is 0 Å². The lowest BCUT2D eigenvalue weighted by Crippen LogP contribution is -2.50. The van der Waals surface area contributed by atoms with Crippen LogP contribution in [0.2, 0.25) is 0 Å². The maximum Gasteiger partial charge on any atom is 0.326 e. The molecule has 6 heteroatoms. The zero-order valence-corrected chi connectivity index (χ0v) is 12.0. The molecule has 0 radical (unpaired) electrons. The smallest absolute Gasteiger partial charge is 0.326 e. The van der Waals surface area contributed by atoms with Crippen LogP contribution in [0.4, 0.5) is 0 Å². The van der Waals surface area contributed by atoms with Gasteiger partial charge < -0.3 is 10.4 Å². The van der Waals surface area contributed by atoms with Crippen LogP contribution in [0.5, 0.6) is 0 Å². The largest absolute Gasteiger partial charge is 0.480 e. The lowest BCUT2D eigenvalue weighted by Gasteiger charge is -2.27. The van der Waals surface area contributed by atoms with Gasteiger partial charge in [0, 0.05) is 5.69 Å². The van der Waals surface area contributed by atoms with Crippen LogP contribution < -0.4 is 5.32 Å². The fourth-order valence-electron chi connectivity index (χ4n) is 1.83. The maximum absolute atomic E-state index is 11.9. The normalized spacial score (nSPS) is 13.1. The summed E-state index contributed by atoms with van der Waals surface area (Å²) in [5.74, 6) is -1.39. The molecule has 0 bridgehead atoms. The Kier molecular flexibility index (Phi) is 4.34. The van der Waals surface area contributed by atoms with E-state index in [1.807, 2.05) is 19.9 Å². The van der Waals surface area contributed by atoms with E-state index >= 15 is 0 Å². The molecule has 106 valence electrons. The maximum atomic E-state index is 11.9. The van der Waals surface area contributed by atoms with Crippen molar-refractivity contribution in [2.45, 2.75) is 47.2 Å². The molecule has 0 aliphatic carbocycles. The number of carbonyl (C=O) groups is 2. The van der Waals surface area contributed by atoms with Crippen molar-refractivity contribution >= 4 is 11.9 Å². The molecule has 0 fully saturated rings. The number of nitrogens with one attached hydrogen (secondary N) is 1. The molecule has 0 spiro atoms. The molecule has 0 saturated heterocycles. The predicted molar refractivity (Wildman–Crippen MR) is 70.7 cm³/mol. The zero-order chi connectivity index (χ0) is 14.8. The van der Waals surface area contributed by atoms with Gasteiger partial charge >= 0.3 is 5.97 Å². The molecule has 1 amide bonds. The fourth-order valence-corrected chi connectivity index (χ4v) is 1.83. The van der Waals surface area contributed by atoms with E-state index in [1.165, 1.54) is 0 Å². The molecule has 1 rings (SSSR count). The fraction of sp³-hybridized carbons (Fsp3) is 0.615. The zero-order valence-electron chi connectivity index (χ0n) is 12.0. The minimum atomic E-state index is -1.03. The van der Waals surface area contributed by atoms with Crippen LogP contribution in [0.3, 0.4) is 0 Å². The van der Waals surface area contributed by atoms with Gasteiger partial charge in [-0.1, -0.05) is 20.8 Å². The molecule has 1 aromatic rings. The molecule has 1 unspecified atom stereocenters. The van der Waals surface area contributed by atoms with Gasteiger partial charge in [0.15, 0.2) is 0 Å². The van der Waals surface area contributed by atoms with Crippen molar-refractivity contribution in [3.63, 3.8) is 0 Å². The van der Waals surface area contributed by atoms with Crippen LogP contribution in [0.1, 0.15) is 32.2 Å². The van der Waals surface area contributed by atoms with Gasteiger partial charge in [0.25, 0.3) is 0 Å². The molecule has 6 nitrogen and oxygen atoms in total. The molecule has 0 aromatic carbocycles. The Hall–Kier alpha value is -1.85. The minimum Gasteiger partial charge on any atom is -0.480 e. The van der Waals surface area contributed by atoms with Crippen LogP contribution in [0.25, 0.3) is 0 Å². The first-order chi connectivity index (χ1) is 8.61. The molecule has 19 heavy (non-hydrogen) atoms. The number of aromatic nitrogens is 2. The van der Waals surface area contributed by atoms with E-state index < -0.39 is 17.4 Å². The van der Waals surface area contributed by atoms with E-state index in [-0.39, 0.29) is 12.5 Å². The highest BCUT2D eigenvalue weighted by Crippen LogP contribution is 2.19. The highest BCUT2D eigenvalue weighted by atomic mass is 16.4. The van der Waals surface area contributed by atoms with Crippen molar-refractivity contribution in [2.24, 2.45) is 5.41 Å². The van der Waals surface area contributed by atoms with Gasteiger partial charge in [0.05, 0.1) is 5.69 Å². The Morgan fingerprint density at radius 3 is 2.37 bits per heavy atom. The number of nitrogens with zero attached hydrogens (tertiary/aromatic N) is 2. The summed E-state index contributed by atoms with van der Waals surface area (Å²) in [5, 5.41) is 15.9. The highest BCUT2D eigenvalue weighted by Gasteiger charge is 2.32. The third-order valence-corrected chi connectivity index (χ3v) is 2.82. The van der Waals surface area contributed by atoms with Crippen molar-refractivity contribution in [1.82, 2.24) is 15.1 Å². The number of carbonyl (C=O) groups excluding carboxylic acids is 1. The number of hydrogen-bond acceptors (Lipinski definition) is 3. The molecule has 1 aromatic heterocycles. The Morgan fingerprint density at radius 1 is 1.42 bits per heavy atom. The van der Waals surface area contributed by atoms with E-state index in [1.54, 1.807) is 25.5 Å². The number of hydrogen-bond donors (Lipinski definition) is 2. The van der Waals surface area contributed by atoms with Gasteiger partial charge in [-0.3, -0.25) is 9.48 Å². The average Bonchev–Trinajstić information content (AvgIpc) is 2.52. The van der Waals surface area contributed by atoms with E-state index in [2.05, 4.69) is 10.4 Å². The molecule has 0 aliphatic rings. The lowest BCUT2D eigenvalue weighted by molar-refractivity contribution is -0.145. The number of amides is 1. The van der Waals surface area contributed by atoms with E-state index in [0.717, 1.165) is 11.4 Å². The van der Waals surface area contributed by atoms with Gasteiger partial charge in [-0.05, 0) is 25.3 Å². The van der Waals surface area contributed by atoms with Crippen molar-refractivity contribution in [3.05, 3.63) is 17.5 Å². The first-order valence-corrected chi connectivity index (χ1v) is 6.14. The number of aryl methyl sites for hydroxylation is 2. The van der Waals surface area contributed by atoms with Gasteiger partial charge in [0.2, 0.25) is 5.91 Å². The summed E-state index contributed by atoms with van der Waals surface area (Å²) in [7, 11) is 0. The van der Waals surface area contributed by atoms with Crippen molar-refractivity contribution < 1.29 is 14.7 Å². The summed E-state index contributed by atoms with van der Waals surface area (Å²) in [4.78, 5) is 23.1. The first kappa shape index (κ1) is 15.2. The van der Waals surface area contributed by atoms with Gasteiger partial charge in [-0.25, -0.2) is 4.79 Å². The summed E-state index contributed by atoms with van der Waals surface area (Å²) in [6.45, 7) is 9.04. The summed E-state index contributed by atoms with van der Waals surface area (Å²) < 4.78 is 1.56. The second kappa shape index (κ2) is 5.42. The predicted octanol–water partition coefficient (Wildman–Crippen LogP) is 1.12. The highest BCUT2D eigenvalue weighted by molar-refractivity contribution is 5.84. The quantitative estimate of drug-likeness (QED) is 0.856. The summed E-state index contributed by atoms with van der Waals surface area (Å²) in [6.07, 6.45) is 0.